The van der Waals surface area contributed by atoms with E-state index in [-0.39, 0.29) is 0 Å². The van der Waals surface area contributed by atoms with E-state index in [0.717, 1.165) is 27.8 Å². The average molecular weight is 354 g/mol. The number of aromatic nitrogens is 2. The van der Waals surface area contributed by atoms with Gasteiger partial charge in [-0.3, -0.25) is 0 Å². The van der Waals surface area contributed by atoms with Crippen LogP contribution >= 0.6 is 0 Å². The Labute approximate surface area is 156 Å². The zero-order chi connectivity index (χ0) is 18.4. The lowest BCUT2D eigenvalue weighted by molar-refractivity contribution is 0.355. The first-order chi connectivity index (χ1) is 13.3. The molecule has 0 atom stereocenters. The van der Waals surface area contributed by atoms with Gasteiger partial charge in [0.2, 0.25) is 0 Å². The van der Waals surface area contributed by atoms with Crippen molar-refractivity contribution in [1.82, 2.24) is 9.97 Å². The Morgan fingerprint density at radius 1 is 0.704 bits per heavy atom. The van der Waals surface area contributed by atoms with Crippen LogP contribution in [0.5, 0.6) is 11.5 Å². The van der Waals surface area contributed by atoms with Crippen molar-refractivity contribution in [3.05, 3.63) is 66.7 Å². The Morgan fingerprint density at radius 2 is 1.33 bits per heavy atom. The second-order valence-corrected chi connectivity index (χ2v) is 6.47. The van der Waals surface area contributed by atoms with Crippen molar-refractivity contribution < 1.29 is 9.47 Å². The molecule has 0 unspecified atom stereocenters. The van der Waals surface area contributed by atoms with E-state index < -0.39 is 0 Å². The molecule has 4 heteroatoms. The molecule has 5 aromatic rings. The minimum absolute atomic E-state index is 0.685. The zero-order valence-corrected chi connectivity index (χ0v) is 15.1. The van der Waals surface area contributed by atoms with Gasteiger partial charge in [0.15, 0.2) is 11.5 Å². The van der Waals surface area contributed by atoms with Gasteiger partial charge in [0.05, 0.1) is 25.3 Å². The third-order valence-electron chi connectivity index (χ3n) is 5.03. The van der Waals surface area contributed by atoms with Crippen molar-refractivity contribution in [1.29, 1.82) is 0 Å². The predicted octanol–water partition coefficient (Wildman–Crippen LogP) is 5.55. The number of hydrogen-bond acceptors (Lipinski definition) is 3. The molecular weight excluding hydrogens is 336 g/mol. The number of benzene rings is 4. The summed E-state index contributed by atoms with van der Waals surface area (Å²) in [5.74, 6) is 2.20. The zero-order valence-electron chi connectivity index (χ0n) is 15.1. The summed E-state index contributed by atoms with van der Waals surface area (Å²) in [6, 6.07) is 22.7. The van der Waals surface area contributed by atoms with Crippen LogP contribution in [0.4, 0.5) is 0 Å². The van der Waals surface area contributed by atoms with E-state index in [1.54, 1.807) is 14.2 Å². The highest BCUT2D eigenvalue weighted by Crippen LogP contribution is 2.36. The molecule has 5 rings (SSSR count). The molecule has 27 heavy (non-hydrogen) atoms. The molecule has 1 heterocycles. The topological polar surface area (TPSA) is 47.1 Å². The summed E-state index contributed by atoms with van der Waals surface area (Å²) in [7, 11) is 3.28. The number of H-pyrrole nitrogens is 1. The number of methoxy groups -OCH3 is 2. The minimum atomic E-state index is 0.685. The van der Waals surface area contributed by atoms with Gasteiger partial charge < -0.3 is 14.5 Å². The molecule has 0 fully saturated rings. The summed E-state index contributed by atoms with van der Waals surface area (Å²) < 4.78 is 10.8. The highest BCUT2D eigenvalue weighted by molar-refractivity contribution is 6.23. The first-order valence-electron chi connectivity index (χ1n) is 8.81. The number of hydrogen-bond donors (Lipinski definition) is 1. The van der Waals surface area contributed by atoms with E-state index in [9.17, 15) is 0 Å². The lowest BCUT2D eigenvalue weighted by atomic mass is 10.0. The van der Waals surface area contributed by atoms with Crippen LogP contribution in [-0.2, 0) is 0 Å². The first-order valence-corrected chi connectivity index (χ1v) is 8.81. The summed E-state index contributed by atoms with van der Waals surface area (Å²) >= 11 is 0. The third-order valence-corrected chi connectivity index (χ3v) is 5.03. The van der Waals surface area contributed by atoms with E-state index in [1.165, 1.54) is 16.2 Å². The van der Waals surface area contributed by atoms with Gasteiger partial charge in [0.1, 0.15) is 5.82 Å². The lowest BCUT2D eigenvalue weighted by Gasteiger charge is -2.08. The fourth-order valence-electron chi connectivity index (χ4n) is 3.74. The van der Waals surface area contributed by atoms with E-state index in [0.29, 0.717) is 11.5 Å². The number of rotatable bonds is 3. The molecule has 0 saturated carbocycles. The van der Waals surface area contributed by atoms with Gasteiger partial charge >= 0.3 is 0 Å². The van der Waals surface area contributed by atoms with Crippen molar-refractivity contribution in [2.75, 3.05) is 14.2 Å². The van der Waals surface area contributed by atoms with Gasteiger partial charge in [-0.2, -0.15) is 0 Å². The second-order valence-electron chi connectivity index (χ2n) is 6.47. The molecule has 0 aliphatic carbocycles. The van der Waals surface area contributed by atoms with Crippen LogP contribution in [-0.4, -0.2) is 24.2 Å². The molecule has 0 spiro atoms. The number of nitrogens with one attached hydrogen (secondary N) is 1. The van der Waals surface area contributed by atoms with Crippen molar-refractivity contribution in [3.63, 3.8) is 0 Å². The van der Waals surface area contributed by atoms with Gasteiger partial charge in [0, 0.05) is 16.3 Å². The Kier molecular flexibility index (Phi) is 3.50. The molecule has 4 nitrogen and oxygen atoms in total. The Bertz CT molecular complexity index is 1230. The molecule has 132 valence electrons. The van der Waals surface area contributed by atoms with Crippen molar-refractivity contribution in [3.8, 4) is 22.9 Å². The van der Waals surface area contributed by atoms with Gasteiger partial charge in [0.25, 0.3) is 0 Å². The highest BCUT2D eigenvalue weighted by atomic mass is 16.5. The summed E-state index contributed by atoms with van der Waals surface area (Å²) in [5, 5.41) is 4.76. The van der Waals surface area contributed by atoms with Crippen molar-refractivity contribution in [2.24, 2.45) is 0 Å². The lowest BCUT2D eigenvalue weighted by Crippen LogP contribution is -1.91. The quantitative estimate of drug-likeness (QED) is 0.432. The maximum atomic E-state index is 5.45. The number of ether oxygens (including phenoxy) is 2. The maximum absolute atomic E-state index is 5.45. The number of nitrogens with zero attached hydrogens (tertiary/aromatic N) is 1. The van der Waals surface area contributed by atoms with E-state index in [1.807, 2.05) is 18.2 Å². The molecule has 0 aliphatic heterocycles. The van der Waals surface area contributed by atoms with Crippen LogP contribution in [0.3, 0.4) is 0 Å². The minimum Gasteiger partial charge on any atom is -0.493 e. The first kappa shape index (κ1) is 15.7. The van der Waals surface area contributed by atoms with Gasteiger partial charge in [-0.15, -0.1) is 0 Å². The second kappa shape index (κ2) is 6.02. The number of aromatic amines is 1. The molecule has 1 N–H and O–H groups in total. The van der Waals surface area contributed by atoms with Crippen LogP contribution in [0.15, 0.2) is 66.7 Å². The molecule has 0 amide bonds. The predicted molar refractivity (Wildman–Crippen MR) is 110 cm³/mol. The Hall–Kier alpha value is -3.53. The summed E-state index contributed by atoms with van der Waals surface area (Å²) in [6.07, 6.45) is 0. The van der Waals surface area contributed by atoms with E-state index in [2.05, 4.69) is 53.5 Å². The standard InChI is InChI=1S/C23H18N2O2/c1-26-19-12-11-14(13-20(19)27-2)23-24-21-17-9-5-3-7-15(17)16-8-4-6-10-18(16)22(21)25-23/h3-13H,1-2H3,(H,24,25). The summed E-state index contributed by atoms with van der Waals surface area (Å²) in [4.78, 5) is 8.47. The molecule has 0 radical (unpaired) electrons. The molecule has 0 bridgehead atoms. The fourth-order valence-corrected chi connectivity index (χ4v) is 3.74. The van der Waals surface area contributed by atoms with Crippen LogP contribution in [0, 0.1) is 0 Å². The molecule has 1 aromatic heterocycles. The van der Waals surface area contributed by atoms with Crippen LogP contribution in [0.25, 0.3) is 44.0 Å². The van der Waals surface area contributed by atoms with E-state index in [4.69, 9.17) is 14.5 Å². The molecular formula is C23H18N2O2. The van der Waals surface area contributed by atoms with Gasteiger partial charge in [-0.05, 0) is 29.0 Å². The van der Waals surface area contributed by atoms with E-state index >= 15 is 0 Å². The molecule has 0 saturated heterocycles. The summed E-state index contributed by atoms with van der Waals surface area (Å²) in [5.41, 5.74) is 2.99. The largest absolute Gasteiger partial charge is 0.493 e. The monoisotopic (exact) mass is 354 g/mol. The SMILES string of the molecule is COc1ccc(-c2nc3c4ccccc4c4ccccc4c3[nH]2)cc1OC. The normalized spacial score (nSPS) is 11.3. The summed E-state index contributed by atoms with van der Waals surface area (Å²) in [6.45, 7) is 0. The Morgan fingerprint density at radius 3 is 2.04 bits per heavy atom. The maximum Gasteiger partial charge on any atom is 0.161 e. The fraction of sp³-hybridized carbons (Fsp3) is 0.0870. The average Bonchev–Trinajstić information content (AvgIpc) is 3.19. The highest BCUT2D eigenvalue weighted by Gasteiger charge is 2.14. The van der Waals surface area contributed by atoms with Crippen LogP contribution in [0.1, 0.15) is 0 Å². The number of imidazole rings is 1. The van der Waals surface area contributed by atoms with Crippen LogP contribution < -0.4 is 9.47 Å². The van der Waals surface area contributed by atoms with Crippen LogP contribution in [0.2, 0.25) is 0 Å². The van der Waals surface area contributed by atoms with Crippen molar-refractivity contribution in [2.45, 2.75) is 0 Å². The number of fused-ring (bicyclic) bond motifs is 6. The van der Waals surface area contributed by atoms with Crippen molar-refractivity contribution >= 4 is 32.6 Å². The molecule has 4 aromatic carbocycles. The third kappa shape index (κ3) is 2.34. The smallest absolute Gasteiger partial charge is 0.161 e. The Balaban J connectivity index is 1.84. The molecule has 0 aliphatic rings. The van der Waals surface area contributed by atoms with Gasteiger partial charge in [-0.1, -0.05) is 48.5 Å². The van der Waals surface area contributed by atoms with Gasteiger partial charge in [-0.25, -0.2) is 4.98 Å².